The molecule has 1 atom stereocenters. The Morgan fingerprint density at radius 3 is 2.76 bits per heavy atom. The number of nitrogens with one attached hydrogen (secondary N) is 1. The molecule has 0 unspecified atom stereocenters. The van der Waals surface area contributed by atoms with E-state index in [1.165, 1.54) is 5.56 Å². The summed E-state index contributed by atoms with van der Waals surface area (Å²) >= 11 is 0. The molecule has 0 radical (unpaired) electrons. The lowest BCUT2D eigenvalue weighted by atomic mass is 10.0. The average molecular weight is 232 g/mol. The molecule has 1 aliphatic heterocycles. The minimum Gasteiger partial charge on any atom is -0.508 e. The van der Waals surface area contributed by atoms with Crippen LogP contribution in [0, 0.1) is 6.92 Å². The summed E-state index contributed by atoms with van der Waals surface area (Å²) in [5, 5.41) is 13.3. The molecule has 1 aromatic carbocycles. The molecule has 1 saturated heterocycles. The molecule has 92 valence electrons. The van der Waals surface area contributed by atoms with Gasteiger partial charge in [-0.3, -0.25) is 4.90 Å². The largest absolute Gasteiger partial charge is 0.508 e. The number of phenolic OH excluding ortho intramolecular Hbond substituents is 1. The smallest absolute Gasteiger partial charge is 0.120 e. The molecule has 1 aliphatic rings. The van der Waals surface area contributed by atoms with Crippen LogP contribution in [0.5, 0.6) is 5.75 Å². The van der Waals surface area contributed by atoms with Gasteiger partial charge in [-0.1, -0.05) is 23.8 Å². The Morgan fingerprint density at radius 2 is 2.12 bits per heavy atom. The lowest BCUT2D eigenvalue weighted by Gasteiger charge is -2.33. The summed E-state index contributed by atoms with van der Waals surface area (Å²) in [6.07, 6.45) is 1.92. The van der Waals surface area contributed by atoms with Crippen LogP contribution in [0.4, 0.5) is 0 Å². The third-order valence-corrected chi connectivity index (χ3v) is 3.27. The minimum absolute atomic E-state index is 0.108. The van der Waals surface area contributed by atoms with Crippen molar-refractivity contribution in [2.45, 2.75) is 13.0 Å². The lowest BCUT2D eigenvalue weighted by Crippen LogP contribution is -2.44. The molecule has 1 fully saturated rings. The summed E-state index contributed by atoms with van der Waals surface area (Å²) in [5.41, 5.74) is 2.13. The molecule has 0 amide bonds. The third kappa shape index (κ3) is 2.68. The quantitative estimate of drug-likeness (QED) is 0.781. The van der Waals surface area contributed by atoms with Crippen molar-refractivity contribution < 1.29 is 5.11 Å². The molecule has 1 heterocycles. The monoisotopic (exact) mass is 232 g/mol. The summed E-state index contributed by atoms with van der Waals surface area (Å²) in [6.45, 7) is 9.93. The van der Waals surface area contributed by atoms with Crippen LogP contribution in [0.2, 0.25) is 0 Å². The van der Waals surface area contributed by atoms with Crippen LogP contribution in [0.25, 0.3) is 0 Å². The number of phenols is 1. The van der Waals surface area contributed by atoms with E-state index >= 15 is 0 Å². The second kappa shape index (κ2) is 5.34. The number of rotatable bonds is 3. The molecule has 3 nitrogen and oxygen atoms in total. The second-order valence-electron chi connectivity index (χ2n) is 4.53. The first-order chi connectivity index (χ1) is 8.22. The van der Waals surface area contributed by atoms with E-state index < -0.39 is 0 Å². The minimum atomic E-state index is 0.108. The van der Waals surface area contributed by atoms with E-state index in [4.69, 9.17) is 0 Å². The topological polar surface area (TPSA) is 35.5 Å². The Bertz CT molecular complexity index is 397. The molecule has 0 aromatic heterocycles. The zero-order valence-corrected chi connectivity index (χ0v) is 10.3. The van der Waals surface area contributed by atoms with Crippen molar-refractivity contribution in [2.75, 3.05) is 26.2 Å². The fourth-order valence-corrected chi connectivity index (χ4v) is 2.34. The van der Waals surface area contributed by atoms with Gasteiger partial charge >= 0.3 is 0 Å². The highest BCUT2D eigenvalue weighted by atomic mass is 16.3. The SMILES string of the molecule is C=C[C@H](c1cc(C)ccc1O)N1CCNCC1. The van der Waals surface area contributed by atoms with Gasteiger partial charge in [0.2, 0.25) is 0 Å². The predicted molar refractivity (Wildman–Crippen MR) is 70.2 cm³/mol. The Labute approximate surface area is 103 Å². The maximum absolute atomic E-state index is 9.98. The van der Waals surface area contributed by atoms with E-state index in [1.807, 2.05) is 25.1 Å². The van der Waals surface area contributed by atoms with Gasteiger partial charge < -0.3 is 10.4 Å². The van der Waals surface area contributed by atoms with Gasteiger partial charge in [0.05, 0.1) is 6.04 Å². The molecule has 1 aromatic rings. The van der Waals surface area contributed by atoms with Crippen LogP contribution in [-0.2, 0) is 0 Å². The fourth-order valence-electron chi connectivity index (χ4n) is 2.34. The zero-order chi connectivity index (χ0) is 12.3. The Balaban J connectivity index is 2.27. The van der Waals surface area contributed by atoms with Crippen molar-refractivity contribution >= 4 is 0 Å². The summed E-state index contributed by atoms with van der Waals surface area (Å²) in [7, 11) is 0. The molecule has 0 spiro atoms. The van der Waals surface area contributed by atoms with Crippen LogP contribution in [0.1, 0.15) is 17.2 Å². The zero-order valence-electron chi connectivity index (χ0n) is 10.3. The number of nitrogens with zero attached hydrogens (tertiary/aromatic N) is 1. The van der Waals surface area contributed by atoms with Crippen molar-refractivity contribution in [2.24, 2.45) is 0 Å². The van der Waals surface area contributed by atoms with Crippen molar-refractivity contribution in [3.63, 3.8) is 0 Å². The number of benzene rings is 1. The maximum Gasteiger partial charge on any atom is 0.120 e. The first-order valence-corrected chi connectivity index (χ1v) is 6.09. The van der Waals surface area contributed by atoms with Crippen LogP contribution in [-0.4, -0.2) is 36.2 Å². The van der Waals surface area contributed by atoms with Crippen molar-refractivity contribution in [1.82, 2.24) is 10.2 Å². The molecule has 0 bridgehead atoms. The number of hydrogen-bond donors (Lipinski definition) is 2. The Hall–Kier alpha value is -1.32. The van der Waals surface area contributed by atoms with Gasteiger partial charge in [-0.2, -0.15) is 0 Å². The van der Waals surface area contributed by atoms with Crippen LogP contribution < -0.4 is 5.32 Å². The number of aromatic hydroxyl groups is 1. The van der Waals surface area contributed by atoms with Gasteiger partial charge in [0, 0.05) is 31.7 Å². The van der Waals surface area contributed by atoms with Crippen molar-refractivity contribution in [3.05, 3.63) is 42.0 Å². The molecule has 2 rings (SSSR count). The van der Waals surface area contributed by atoms with Gasteiger partial charge in [-0.05, 0) is 13.0 Å². The number of piperazine rings is 1. The number of aryl methyl sites for hydroxylation is 1. The van der Waals surface area contributed by atoms with Crippen molar-refractivity contribution in [1.29, 1.82) is 0 Å². The second-order valence-corrected chi connectivity index (χ2v) is 4.53. The average Bonchev–Trinajstić information content (AvgIpc) is 2.36. The van der Waals surface area contributed by atoms with Gasteiger partial charge in [0.1, 0.15) is 5.75 Å². The molecule has 0 saturated carbocycles. The first-order valence-electron chi connectivity index (χ1n) is 6.09. The van der Waals surface area contributed by atoms with E-state index in [2.05, 4.69) is 16.8 Å². The summed E-state index contributed by atoms with van der Waals surface area (Å²) < 4.78 is 0. The molecule has 3 heteroatoms. The molecular weight excluding hydrogens is 212 g/mol. The Morgan fingerprint density at radius 1 is 1.41 bits per heavy atom. The van der Waals surface area contributed by atoms with E-state index in [0.717, 1.165) is 31.7 Å². The summed E-state index contributed by atoms with van der Waals surface area (Å²) in [6, 6.07) is 5.85. The maximum atomic E-state index is 9.98. The van der Waals surface area contributed by atoms with Gasteiger partial charge in [-0.15, -0.1) is 6.58 Å². The van der Waals surface area contributed by atoms with Gasteiger partial charge in [0.15, 0.2) is 0 Å². The van der Waals surface area contributed by atoms with Crippen LogP contribution in [0.3, 0.4) is 0 Å². The van der Waals surface area contributed by atoms with Crippen molar-refractivity contribution in [3.8, 4) is 5.75 Å². The molecular formula is C14H20N2O. The van der Waals surface area contributed by atoms with E-state index in [0.29, 0.717) is 5.75 Å². The standard InChI is InChI=1S/C14H20N2O/c1-3-13(16-8-6-15-7-9-16)12-10-11(2)4-5-14(12)17/h3-5,10,13,15,17H,1,6-9H2,2H3/t13-/m1/s1. The normalized spacial score (nSPS) is 18.9. The lowest BCUT2D eigenvalue weighted by molar-refractivity contribution is 0.201. The first kappa shape index (κ1) is 12.1. The highest BCUT2D eigenvalue weighted by molar-refractivity contribution is 5.39. The Kier molecular flexibility index (Phi) is 3.82. The highest BCUT2D eigenvalue weighted by Crippen LogP contribution is 2.30. The summed E-state index contributed by atoms with van der Waals surface area (Å²) in [5.74, 6) is 0.360. The van der Waals surface area contributed by atoms with E-state index in [1.54, 1.807) is 6.07 Å². The highest BCUT2D eigenvalue weighted by Gasteiger charge is 2.21. The van der Waals surface area contributed by atoms with Crippen LogP contribution >= 0.6 is 0 Å². The third-order valence-electron chi connectivity index (χ3n) is 3.27. The molecule has 2 N–H and O–H groups in total. The van der Waals surface area contributed by atoms with Crippen LogP contribution in [0.15, 0.2) is 30.9 Å². The number of hydrogen-bond acceptors (Lipinski definition) is 3. The van der Waals surface area contributed by atoms with Gasteiger partial charge in [0.25, 0.3) is 0 Å². The fraction of sp³-hybridized carbons (Fsp3) is 0.429. The summed E-state index contributed by atoms with van der Waals surface area (Å²) in [4.78, 5) is 2.35. The van der Waals surface area contributed by atoms with Gasteiger partial charge in [-0.25, -0.2) is 0 Å². The predicted octanol–water partition coefficient (Wildman–Crippen LogP) is 1.83. The van der Waals surface area contributed by atoms with E-state index in [-0.39, 0.29) is 6.04 Å². The van der Waals surface area contributed by atoms with E-state index in [9.17, 15) is 5.11 Å². The molecule has 17 heavy (non-hydrogen) atoms. The molecule has 0 aliphatic carbocycles.